The van der Waals surface area contributed by atoms with Crippen LogP contribution in [0.15, 0.2) is 16.6 Å². The molecule has 0 aromatic heterocycles. The van der Waals surface area contributed by atoms with Crippen LogP contribution < -0.4 is 9.47 Å². The molecule has 0 heterocycles. The van der Waals surface area contributed by atoms with E-state index in [4.69, 9.17) is 14.6 Å². The van der Waals surface area contributed by atoms with Gasteiger partial charge in [0, 0.05) is 0 Å². The Morgan fingerprint density at radius 3 is 2.70 bits per heavy atom. The predicted octanol–water partition coefficient (Wildman–Crippen LogP) is 3.82. The Labute approximate surface area is 127 Å². The summed E-state index contributed by atoms with van der Waals surface area (Å²) < 4.78 is 11.7. The Morgan fingerprint density at radius 2 is 2.20 bits per heavy atom. The minimum atomic E-state index is -0.758. The first kappa shape index (κ1) is 15.2. The number of carboxylic acid groups (broad SMARTS) is 1. The second-order valence-electron chi connectivity index (χ2n) is 5.01. The molecule has 4 nitrogen and oxygen atoms in total. The van der Waals surface area contributed by atoms with Gasteiger partial charge < -0.3 is 14.6 Å². The van der Waals surface area contributed by atoms with E-state index in [-0.39, 0.29) is 12.3 Å². The highest BCUT2D eigenvalue weighted by Gasteiger charge is 2.34. The number of carbonyl (C=O) groups is 1. The van der Waals surface area contributed by atoms with Crippen LogP contribution in [0.4, 0.5) is 0 Å². The molecule has 1 atom stereocenters. The van der Waals surface area contributed by atoms with E-state index in [1.807, 2.05) is 19.1 Å². The maximum absolute atomic E-state index is 11.1. The molecule has 20 heavy (non-hydrogen) atoms. The van der Waals surface area contributed by atoms with Gasteiger partial charge in [-0.2, -0.15) is 0 Å². The number of benzene rings is 1. The summed E-state index contributed by atoms with van der Waals surface area (Å²) in [6.07, 6.45) is 2.37. The molecule has 0 amide bonds. The van der Waals surface area contributed by atoms with E-state index in [1.165, 1.54) is 0 Å². The van der Waals surface area contributed by atoms with Crippen molar-refractivity contribution in [2.45, 2.75) is 32.1 Å². The van der Waals surface area contributed by atoms with E-state index in [1.54, 1.807) is 7.11 Å². The third kappa shape index (κ3) is 3.45. The van der Waals surface area contributed by atoms with Crippen LogP contribution >= 0.6 is 15.9 Å². The number of hydrogen-bond acceptors (Lipinski definition) is 3. The van der Waals surface area contributed by atoms with Gasteiger partial charge >= 0.3 is 5.97 Å². The van der Waals surface area contributed by atoms with Gasteiger partial charge in [0.05, 0.1) is 24.6 Å². The van der Waals surface area contributed by atoms with Crippen LogP contribution in [0, 0.1) is 5.92 Å². The summed E-state index contributed by atoms with van der Waals surface area (Å²) in [6.45, 7) is 2.45. The van der Waals surface area contributed by atoms with Gasteiger partial charge in [-0.1, -0.05) is 0 Å². The molecule has 1 N–H and O–H groups in total. The average Bonchev–Trinajstić information content (AvgIpc) is 3.20. The molecule has 2 rings (SSSR count). The highest BCUT2D eigenvalue weighted by Crippen LogP contribution is 2.47. The van der Waals surface area contributed by atoms with Crippen LogP contribution in [0.3, 0.4) is 0 Å². The zero-order valence-electron chi connectivity index (χ0n) is 11.7. The molecule has 1 unspecified atom stereocenters. The summed E-state index contributed by atoms with van der Waals surface area (Å²) in [6, 6.07) is 3.87. The number of hydrogen-bond donors (Lipinski definition) is 1. The third-order valence-electron chi connectivity index (χ3n) is 3.55. The number of rotatable bonds is 7. The number of halogens is 1. The molecule has 1 aliphatic rings. The van der Waals surface area contributed by atoms with Crippen LogP contribution in [0.25, 0.3) is 0 Å². The van der Waals surface area contributed by atoms with Crippen molar-refractivity contribution in [2.24, 2.45) is 5.92 Å². The topological polar surface area (TPSA) is 55.8 Å². The molecule has 110 valence electrons. The second kappa shape index (κ2) is 6.48. The summed E-state index contributed by atoms with van der Waals surface area (Å²) in [5, 5.41) is 9.10. The quantitative estimate of drug-likeness (QED) is 0.818. The normalized spacial score (nSPS) is 15.8. The Morgan fingerprint density at radius 1 is 1.50 bits per heavy atom. The molecule has 0 spiro atoms. The number of carboxylic acids is 1. The minimum Gasteiger partial charge on any atom is -0.492 e. The van der Waals surface area contributed by atoms with E-state index in [2.05, 4.69) is 15.9 Å². The zero-order chi connectivity index (χ0) is 14.7. The molecule has 0 aliphatic heterocycles. The molecular formula is C15H19BrO4. The minimum absolute atomic E-state index is 0.0499. The summed E-state index contributed by atoms with van der Waals surface area (Å²) in [4.78, 5) is 11.1. The van der Waals surface area contributed by atoms with Crippen molar-refractivity contribution < 1.29 is 19.4 Å². The van der Waals surface area contributed by atoms with E-state index in [0.29, 0.717) is 24.0 Å². The zero-order valence-corrected chi connectivity index (χ0v) is 13.3. The molecule has 0 bridgehead atoms. The SMILES string of the molecule is CCOc1cc(C(CC(=O)O)C2CC2)cc(Br)c1OC. The van der Waals surface area contributed by atoms with Crippen LogP contribution in [0.2, 0.25) is 0 Å². The Bertz CT molecular complexity index is 497. The molecule has 1 aromatic carbocycles. The van der Waals surface area contributed by atoms with Gasteiger partial charge in [-0.15, -0.1) is 0 Å². The van der Waals surface area contributed by atoms with Gasteiger partial charge in [0.2, 0.25) is 0 Å². The maximum atomic E-state index is 11.1. The van der Waals surface area contributed by atoms with Crippen molar-refractivity contribution in [3.63, 3.8) is 0 Å². The number of methoxy groups -OCH3 is 1. The lowest BCUT2D eigenvalue weighted by Gasteiger charge is -2.18. The van der Waals surface area contributed by atoms with Crippen LogP contribution in [-0.2, 0) is 4.79 Å². The lowest BCUT2D eigenvalue weighted by Crippen LogP contribution is -2.09. The standard InChI is InChI=1S/C15H19BrO4/c1-3-20-13-7-10(6-12(16)15(13)19-2)11(8-14(17)18)9-4-5-9/h6-7,9,11H,3-5,8H2,1-2H3,(H,17,18). The first-order valence-corrected chi connectivity index (χ1v) is 7.58. The first-order chi connectivity index (χ1) is 9.56. The van der Waals surface area contributed by atoms with E-state index < -0.39 is 5.97 Å². The second-order valence-corrected chi connectivity index (χ2v) is 5.86. The first-order valence-electron chi connectivity index (χ1n) is 6.78. The van der Waals surface area contributed by atoms with E-state index in [0.717, 1.165) is 22.9 Å². The van der Waals surface area contributed by atoms with Crippen molar-refractivity contribution in [3.8, 4) is 11.5 Å². The van der Waals surface area contributed by atoms with E-state index in [9.17, 15) is 4.79 Å². The highest BCUT2D eigenvalue weighted by atomic mass is 79.9. The molecule has 0 radical (unpaired) electrons. The molecular weight excluding hydrogens is 324 g/mol. The lowest BCUT2D eigenvalue weighted by molar-refractivity contribution is -0.137. The lowest BCUT2D eigenvalue weighted by atomic mass is 9.91. The molecule has 1 fully saturated rings. The molecule has 1 aromatic rings. The average molecular weight is 343 g/mol. The van der Waals surface area contributed by atoms with E-state index >= 15 is 0 Å². The van der Waals surface area contributed by atoms with Crippen LogP contribution in [0.1, 0.15) is 37.7 Å². The van der Waals surface area contributed by atoms with Gasteiger partial charge in [-0.25, -0.2) is 0 Å². The van der Waals surface area contributed by atoms with Crippen molar-refractivity contribution in [2.75, 3.05) is 13.7 Å². The van der Waals surface area contributed by atoms with Crippen molar-refractivity contribution in [1.29, 1.82) is 0 Å². The van der Waals surface area contributed by atoms with Crippen molar-refractivity contribution in [1.82, 2.24) is 0 Å². The Balaban J connectivity index is 2.36. The molecule has 1 saturated carbocycles. The fourth-order valence-corrected chi connectivity index (χ4v) is 3.13. The van der Waals surface area contributed by atoms with Gasteiger partial charge in [0.25, 0.3) is 0 Å². The van der Waals surface area contributed by atoms with Crippen LogP contribution in [-0.4, -0.2) is 24.8 Å². The van der Waals surface area contributed by atoms with Gasteiger partial charge in [-0.3, -0.25) is 4.79 Å². The number of ether oxygens (including phenoxy) is 2. The molecule has 0 saturated heterocycles. The number of aliphatic carboxylic acids is 1. The fourth-order valence-electron chi connectivity index (χ4n) is 2.51. The molecule has 5 heteroatoms. The summed E-state index contributed by atoms with van der Waals surface area (Å²) >= 11 is 3.48. The monoisotopic (exact) mass is 342 g/mol. The summed E-state index contributed by atoms with van der Waals surface area (Å²) in [5.74, 6) is 1.08. The van der Waals surface area contributed by atoms with Gasteiger partial charge in [0.15, 0.2) is 11.5 Å². The fraction of sp³-hybridized carbons (Fsp3) is 0.533. The van der Waals surface area contributed by atoms with Gasteiger partial charge in [-0.05, 0) is 65.2 Å². The predicted molar refractivity (Wildman–Crippen MR) is 79.6 cm³/mol. The van der Waals surface area contributed by atoms with Crippen LogP contribution in [0.5, 0.6) is 11.5 Å². The third-order valence-corrected chi connectivity index (χ3v) is 4.14. The summed E-state index contributed by atoms with van der Waals surface area (Å²) in [7, 11) is 1.60. The summed E-state index contributed by atoms with van der Waals surface area (Å²) in [5.41, 5.74) is 1.01. The largest absolute Gasteiger partial charge is 0.492 e. The van der Waals surface area contributed by atoms with Gasteiger partial charge in [0.1, 0.15) is 0 Å². The Kier molecular flexibility index (Phi) is 4.91. The van der Waals surface area contributed by atoms with Crippen molar-refractivity contribution in [3.05, 3.63) is 22.2 Å². The Hall–Kier alpha value is -1.23. The smallest absolute Gasteiger partial charge is 0.303 e. The highest BCUT2D eigenvalue weighted by molar-refractivity contribution is 9.10. The molecule has 1 aliphatic carbocycles. The van der Waals surface area contributed by atoms with Crippen molar-refractivity contribution >= 4 is 21.9 Å². The maximum Gasteiger partial charge on any atom is 0.303 e.